The number of nitrogens with one attached hydrogen (secondary N) is 1. The zero-order valence-corrected chi connectivity index (χ0v) is 9.76. The third kappa shape index (κ3) is 1.41. The Hall–Kier alpha value is -1.44. The van der Waals surface area contributed by atoms with Gasteiger partial charge in [-0.25, -0.2) is 0 Å². The van der Waals surface area contributed by atoms with Crippen molar-refractivity contribution in [1.82, 2.24) is 4.98 Å². The van der Waals surface area contributed by atoms with Crippen LogP contribution in [0.2, 0.25) is 0 Å². The Kier molecular flexibility index (Phi) is 2.16. The van der Waals surface area contributed by atoms with Crippen LogP contribution in [0.3, 0.4) is 0 Å². The van der Waals surface area contributed by atoms with E-state index in [1.54, 1.807) is 0 Å². The Bertz CT molecular complexity index is 523. The quantitative estimate of drug-likeness (QED) is 0.830. The summed E-state index contributed by atoms with van der Waals surface area (Å²) in [4.78, 5) is 3.51. The molecule has 1 heterocycles. The largest absolute Gasteiger partial charge is 0.493 e. The Balaban J connectivity index is 2.20. The second kappa shape index (κ2) is 3.55. The van der Waals surface area contributed by atoms with Crippen LogP contribution in [0.25, 0.3) is 10.9 Å². The number of rotatable bonds is 3. The van der Waals surface area contributed by atoms with Gasteiger partial charge in [0.1, 0.15) is 5.75 Å². The average Bonchev–Trinajstić information content (AvgIpc) is 3.05. The molecule has 1 saturated carbocycles. The van der Waals surface area contributed by atoms with E-state index in [2.05, 4.69) is 18.0 Å². The third-order valence-electron chi connectivity index (χ3n) is 3.29. The van der Waals surface area contributed by atoms with Gasteiger partial charge in [-0.3, -0.25) is 0 Å². The van der Waals surface area contributed by atoms with E-state index in [1.165, 1.54) is 29.5 Å². The highest BCUT2D eigenvalue weighted by Crippen LogP contribution is 2.44. The lowest BCUT2D eigenvalue weighted by Crippen LogP contribution is -1.92. The monoisotopic (exact) mass is 214 g/mol. The molecule has 0 spiro atoms. The number of fused-ring (bicyclic) bond motifs is 1. The van der Waals surface area contributed by atoms with Crippen LogP contribution in [0.15, 0.2) is 12.1 Å². The average molecular weight is 214 g/mol. The van der Waals surface area contributed by atoms with Gasteiger partial charge in [0.2, 0.25) is 0 Å². The van der Waals surface area contributed by atoms with Crippen LogP contribution < -0.4 is 4.74 Å². The van der Waals surface area contributed by atoms with Crippen LogP contribution in [0.4, 0.5) is 0 Å². The molecular formula is C14H16NO. The van der Waals surface area contributed by atoms with Crippen molar-refractivity contribution in [2.45, 2.75) is 32.6 Å². The van der Waals surface area contributed by atoms with Gasteiger partial charge in [-0.1, -0.05) is 0 Å². The second-order valence-corrected chi connectivity index (χ2v) is 4.48. The van der Waals surface area contributed by atoms with Crippen molar-refractivity contribution >= 4 is 10.9 Å². The molecule has 1 aromatic carbocycles. The highest BCUT2D eigenvalue weighted by Gasteiger charge is 2.28. The Morgan fingerprint density at radius 2 is 2.25 bits per heavy atom. The van der Waals surface area contributed by atoms with Gasteiger partial charge in [0, 0.05) is 11.1 Å². The maximum atomic E-state index is 5.66. The van der Waals surface area contributed by atoms with Gasteiger partial charge in [-0.2, -0.15) is 0 Å². The van der Waals surface area contributed by atoms with E-state index in [1.807, 2.05) is 19.1 Å². The van der Waals surface area contributed by atoms with Crippen molar-refractivity contribution in [2.75, 3.05) is 6.61 Å². The lowest BCUT2D eigenvalue weighted by atomic mass is 10.1. The predicted molar refractivity (Wildman–Crippen MR) is 65.0 cm³/mol. The minimum absolute atomic E-state index is 0.705. The lowest BCUT2D eigenvalue weighted by Gasteiger charge is -2.04. The molecule has 0 bridgehead atoms. The number of ether oxygens (including phenoxy) is 1. The number of aryl methyl sites for hydroxylation is 1. The zero-order chi connectivity index (χ0) is 11.1. The maximum Gasteiger partial charge on any atom is 0.129 e. The van der Waals surface area contributed by atoms with Crippen LogP contribution in [0.5, 0.6) is 5.75 Å². The highest BCUT2D eigenvalue weighted by molar-refractivity contribution is 5.90. The van der Waals surface area contributed by atoms with E-state index in [0.717, 1.165) is 17.2 Å². The molecule has 1 aliphatic rings. The highest BCUT2D eigenvalue weighted by atomic mass is 16.5. The first-order valence-electron chi connectivity index (χ1n) is 5.96. The smallest absolute Gasteiger partial charge is 0.129 e. The minimum Gasteiger partial charge on any atom is -0.493 e. The van der Waals surface area contributed by atoms with Gasteiger partial charge in [0.15, 0.2) is 0 Å². The molecule has 1 aromatic heterocycles. The van der Waals surface area contributed by atoms with Crippen molar-refractivity contribution in [1.29, 1.82) is 0 Å². The number of aromatic nitrogens is 1. The Morgan fingerprint density at radius 1 is 1.44 bits per heavy atom. The summed E-state index contributed by atoms with van der Waals surface area (Å²) < 4.78 is 5.66. The zero-order valence-electron chi connectivity index (χ0n) is 9.76. The second-order valence-electron chi connectivity index (χ2n) is 4.48. The minimum atomic E-state index is 0.705. The summed E-state index contributed by atoms with van der Waals surface area (Å²) in [7, 11) is 0. The van der Waals surface area contributed by atoms with Crippen LogP contribution in [-0.4, -0.2) is 11.6 Å². The number of hydrogen-bond acceptors (Lipinski definition) is 1. The van der Waals surface area contributed by atoms with Crippen molar-refractivity contribution in [3.05, 3.63) is 29.5 Å². The summed E-state index contributed by atoms with van der Waals surface area (Å²) in [5.41, 5.74) is 3.91. The van der Waals surface area contributed by atoms with E-state index in [4.69, 9.17) is 4.74 Å². The van der Waals surface area contributed by atoms with Crippen LogP contribution in [0, 0.1) is 13.0 Å². The fourth-order valence-corrected chi connectivity index (χ4v) is 2.39. The standard InChI is InChI=1S/C14H16NO/c1-3-16-12-6-4-5-11-13(12)9(2)14(15-11)10-7-8-10/h5-6,10,15H,3,7-8H2,1-2H3. The molecule has 0 saturated heterocycles. The molecule has 1 aliphatic carbocycles. The summed E-state index contributed by atoms with van der Waals surface area (Å²) in [6.45, 7) is 4.91. The van der Waals surface area contributed by atoms with E-state index in [0.29, 0.717) is 6.61 Å². The molecule has 0 amide bonds. The van der Waals surface area contributed by atoms with Crippen molar-refractivity contribution in [2.24, 2.45) is 0 Å². The summed E-state index contributed by atoms with van der Waals surface area (Å²) in [6, 6.07) is 7.08. The topological polar surface area (TPSA) is 25.0 Å². The van der Waals surface area contributed by atoms with E-state index in [9.17, 15) is 0 Å². The number of aromatic amines is 1. The molecule has 1 radical (unpaired) electrons. The SMILES string of the molecule is CCOc1c[c]cc2[nH]c(C3CC3)c(C)c12. The fourth-order valence-electron chi connectivity index (χ4n) is 2.39. The van der Waals surface area contributed by atoms with Crippen molar-refractivity contribution < 1.29 is 4.74 Å². The number of H-pyrrole nitrogens is 1. The van der Waals surface area contributed by atoms with Gasteiger partial charge in [-0.15, -0.1) is 0 Å². The fraction of sp³-hybridized carbons (Fsp3) is 0.429. The van der Waals surface area contributed by atoms with Gasteiger partial charge in [-0.05, 0) is 56.4 Å². The molecule has 1 N–H and O–H groups in total. The summed E-state index contributed by atoms with van der Waals surface area (Å²) in [6.07, 6.45) is 2.64. The maximum absolute atomic E-state index is 5.66. The van der Waals surface area contributed by atoms with Gasteiger partial charge < -0.3 is 9.72 Å². The Labute approximate surface area is 95.6 Å². The molecule has 1 fully saturated rings. The number of hydrogen-bond donors (Lipinski definition) is 1. The Morgan fingerprint density at radius 3 is 2.94 bits per heavy atom. The molecule has 0 atom stereocenters. The molecule has 3 rings (SSSR count). The van der Waals surface area contributed by atoms with Gasteiger partial charge in [0.05, 0.1) is 12.1 Å². The van der Waals surface area contributed by atoms with Gasteiger partial charge in [0.25, 0.3) is 0 Å². The van der Waals surface area contributed by atoms with Crippen LogP contribution in [-0.2, 0) is 0 Å². The molecule has 16 heavy (non-hydrogen) atoms. The molecule has 0 unspecified atom stereocenters. The predicted octanol–water partition coefficient (Wildman–Crippen LogP) is 3.55. The molecule has 2 heteroatoms. The number of benzene rings is 1. The molecule has 83 valence electrons. The summed E-state index contributed by atoms with van der Waals surface area (Å²) in [5.74, 6) is 1.71. The first-order valence-corrected chi connectivity index (χ1v) is 5.96. The van der Waals surface area contributed by atoms with E-state index in [-0.39, 0.29) is 0 Å². The van der Waals surface area contributed by atoms with Crippen LogP contribution >= 0.6 is 0 Å². The van der Waals surface area contributed by atoms with Gasteiger partial charge >= 0.3 is 0 Å². The van der Waals surface area contributed by atoms with Crippen LogP contribution in [0.1, 0.15) is 36.9 Å². The van der Waals surface area contributed by atoms with E-state index < -0.39 is 0 Å². The van der Waals surface area contributed by atoms with E-state index >= 15 is 0 Å². The lowest BCUT2D eigenvalue weighted by molar-refractivity contribution is 0.344. The molecular weight excluding hydrogens is 198 g/mol. The third-order valence-corrected chi connectivity index (χ3v) is 3.29. The first-order chi connectivity index (χ1) is 7.81. The normalized spacial score (nSPS) is 15.6. The molecule has 0 aliphatic heterocycles. The first kappa shape index (κ1) is 9.76. The molecule has 2 nitrogen and oxygen atoms in total. The summed E-state index contributed by atoms with van der Waals surface area (Å²) >= 11 is 0. The van der Waals surface area contributed by atoms with Crippen molar-refractivity contribution in [3.63, 3.8) is 0 Å². The van der Waals surface area contributed by atoms with Crippen molar-refractivity contribution in [3.8, 4) is 5.75 Å². The molecule has 2 aromatic rings. The summed E-state index contributed by atoms with van der Waals surface area (Å²) in [5, 5.41) is 1.24.